The first-order chi connectivity index (χ1) is 11.3. The van der Waals surface area contributed by atoms with Crippen molar-refractivity contribution in [2.45, 2.75) is 31.0 Å². The lowest BCUT2D eigenvalue weighted by molar-refractivity contribution is -0.128. The van der Waals surface area contributed by atoms with Crippen LogP contribution in [0.5, 0.6) is 0 Å². The minimum absolute atomic E-state index is 0.152. The summed E-state index contributed by atoms with van der Waals surface area (Å²) in [5, 5.41) is 17.9. The third-order valence-corrected chi connectivity index (χ3v) is 4.46. The van der Waals surface area contributed by atoms with Gasteiger partial charge in [0.25, 0.3) is 0 Å². The van der Waals surface area contributed by atoms with Gasteiger partial charge in [-0.05, 0) is 18.6 Å². The molecule has 23 heavy (non-hydrogen) atoms. The van der Waals surface area contributed by atoms with Gasteiger partial charge in [-0.3, -0.25) is 9.36 Å². The fourth-order valence-corrected chi connectivity index (χ4v) is 3.24. The summed E-state index contributed by atoms with van der Waals surface area (Å²) in [4.78, 5) is 18.0. The first-order valence-electron chi connectivity index (χ1n) is 7.43. The maximum Gasteiger partial charge on any atom is 0.223 e. The minimum Gasteiger partial charge on any atom is -0.335 e. The molecule has 1 saturated heterocycles. The van der Waals surface area contributed by atoms with Crippen molar-refractivity contribution in [1.82, 2.24) is 24.6 Å². The molecule has 0 saturated carbocycles. The number of pyridine rings is 1. The lowest BCUT2D eigenvalue weighted by Gasteiger charge is -2.16. The summed E-state index contributed by atoms with van der Waals surface area (Å²) in [7, 11) is 0. The molecule has 1 amide bonds. The topological polar surface area (TPSA) is 87.7 Å². The van der Waals surface area contributed by atoms with Crippen LogP contribution in [0.15, 0.2) is 29.6 Å². The Kier molecular flexibility index (Phi) is 4.88. The molecule has 0 atom stereocenters. The van der Waals surface area contributed by atoms with Crippen molar-refractivity contribution in [1.29, 1.82) is 5.26 Å². The normalized spacial score (nSPS) is 14.2. The Bertz CT molecular complexity index is 723. The molecular weight excluding hydrogens is 312 g/mol. The van der Waals surface area contributed by atoms with Gasteiger partial charge in [-0.1, -0.05) is 17.8 Å². The fourth-order valence-electron chi connectivity index (χ4n) is 2.44. The molecule has 3 rings (SSSR count). The van der Waals surface area contributed by atoms with E-state index in [0.29, 0.717) is 36.1 Å². The molecule has 0 spiro atoms. The summed E-state index contributed by atoms with van der Waals surface area (Å²) in [6.07, 6.45) is 3.64. The molecule has 1 aliphatic rings. The molecule has 1 fully saturated rings. The van der Waals surface area contributed by atoms with Crippen LogP contribution in [-0.2, 0) is 11.3 Å². The Morgan fingerprint density at radius 1 is 1.35 bits per heavy atom. The zero-order chi connectivity index (χ0) is 16.1. The summed E-state index contributed by atoms with van der Waals surface area (Å²) in [6, 6.07) is 7.75. The molecule has 0 bridgehead atoms. The van der Waals surface area contributed by atoms with Gasteiger partial charge in [-0.15, -0.1) is 10.2 Å². The molecule has 0 radical (unpaired) electrons. The van der Waals surface area contributed by atoms with E-state index in [2.05, 4.69) is 21.3 Å². The van der Waals surface area contributed by atoms with Gasteiger partial charge >= 0.3 is 0 Å². The van der Waals surface area contributed by atoms with Gasteiger partial charge in [0.2, 0.25) is 5.91 Å². The summed E-state index contributed by atoms with van der Waals surface area (Å²) in [5.74, 6) is 2.21. The predicted molar refractivity (Wildman–Crippen MR) is 84.8 cm³/mol. The molecule has 1 aliphatic heterocycles. The average molecular weight is 328 g/mol. The van der Waals surface area contributed by atoms with Gasteiger partial charge in [0.1, 0.15) is 5.82 Å². The van der Waals surface area contributed by atoms with E-state index in [0.717, 1.165) is 18.8 Å². The van der Waals surface area contributed by atoms with Crippen molar-refractivity contribution in [3.05, 3.63) is 30.2 Å². The Balaban J connectivity index is 1.89. The highest BCUT2D eigenvalue weighted by molar-refractivity contribution is 7.99. The van der Waals surface area contributed by atoms with Gasteiger partial charge in [-0.25, -0.2) is 4.98 Å². The second-order valence-electron chi connectivity index (χ2n) is 5.10. The number of amides is 1. The number of thioether (sulfide) groups is 1. The number of carbonyl (C=O) groups is 1. The van der Waals surface area contributed by atoms with Crippen molar-refractivity contribution in [3.8, 4) is 11.9 Å². The monoisotopic (exact) mass is 328 g/mol. The van der Waals surface area contributed by atoms with Crippen molar-refractivity contribution >= 4 is 17.7 Å². The van der Waals surface area contributed by atoms with Crippen molar-refractivity contribution in [2.75, 3.05) is 12.3 Å². The maximum atomic E-state index is 11.9. The minimum atomic E-state index is 0.152. The largest absolute Gasteiger partial charge is 0.335 e. The van der Waals surface area contributed by atoms with E-state index in [1.807, 2.05) is 22.8 Å². The standard InChI is InChI=1S/C15H16N6OS/c16-7-4-10-23-15-19-18-13(11-20-9-3-6-14(20)22)21(15)12-5-1-2-8-17-12/h1-2,5,8H,3-4,6,9-11H2. The number of hydrogen-bond acceptors (Lipinski definition) is 6. The summed E-state index contributed by atoms with van der Waals surface area (Å²) in [5.41, 5.74) is 0. The second kappa shape index (κ2) is 7.24. The highest BCUT2D eigenvalue weighted by Crippen LogP contribution is 2.23. The number of carbonyl (C=O) groups excluding carboxylic acids is 1. The van der Waals surface area contributed by atoms with Crippen LogP contribution in [0, 0.1) is 11.3 Å². The van der Waals surface area contributed by atoms with Gasteiger partial charge in [0.15, 0.2) is 11.0 Å². The molecule has 0 aromatic carbocycles. The number of rotatable bonds is 6. The Labute approximate surface area is 138 Å². The van der Waals surface area contributed by atoms with E-state index in [9.17, 15) is 4.79 Å². The lowest BCUT2D eigenvalue weighted by atomic mass is 10.4. The smallest absolute Gasteiger partial charge is 0.223 e. The van der Waals surface area contributed by atoms with Crippen molar-refractivity contribution < 1.29 is 4.79 Å². The SMILES string of the molecule is N#CCCSc1nnc(CN2CCCC2=O)n1-c1ccccn1. The van der Waals surface area contributed by atoms with Crippen LogP contribution in [0.1, 0.15) is 25.1 Å². The third-order valence-electron chi connectivity index (χ3n) is 3.53. The number of aromatic nitrogens is 4. The summed E-state index contributed by atoms with van der Waals surface area (Å²) < 4.78 is 1.87. The lowest BCUT2D eigenvalue weighted by Crippen LogP contribution is -2.25. The molecule has 0 unspecified atom stereocenters. The molecule has 8 heteroatoms. The third kappa shape index (κ3) is 3.51. The highest BCUT2D eigenvalue weighted by Gasteiger charge is 2.24. The Morgan fingerprint density at radius 3 is 2.96 bits per heavy atom. The van der Waals surface area contributed by atoms with E-state index in [1.54, 1.807) is 11.1 Å². The molecule has 0 N–H and O–H groups in total. The van der Waals surface area contributed by atoms with Crippen molar-refractivity contribution in [3.63, 3.8) is 0 Å². The summed E-state index contributed by atoms with van der Waals surface area (Å²) in [6.45, 7) is 1.19. The number of nitriles is 1. The zero-order valence-electron chi connectivity index (χ0n) is 12.6. The number of likely N-dealkylation sites (tertiary alicyclic amines) is 1. The second-order valence-corrected chi connectivity index (χ2v) is 6.16. The molecular formula is C15H16N6OS. The first-order valence-corrected chi connectivity index (χ1v) is 8.41. The van der Waals surface area contributed by atoms with Crippen LogP contribution in [0.3, 0.4) is 0 Å². The van der Waals surface area contributed by atoms with Crippen LogP contribution in [0.25, 0.3) is 5.82 Å². The molecule has 0 aliphatic carbocycles. The first kappa shape index (κ1) is 15.5. The van der Waals surface area contributed by atoms with Crippen LogP contribution in [0.4, 0.5) is 0 Å². The fraction of sp³-hybridized carbons (Fsp3) is 0.400. The quantitative estimate of drug-likeness (QED) is 0.593. The Morgan fingerprint density at radius 2 is 2.26 bits per heavy atom. The van der Waals surface area contributed by atoms with E-state index in [-0.39, 0.29) is 5.91 Å². The number of nitrogens with zero attached hydrogens (tertiary/aromatic N) is 6. The van der Waals surface area contributed by atoms with E-state index in [1.165, 1.54) is 11.8 Å². The molecule has 2 aromatic heterocycles. The Hall–Kier alpha value is -2.40. The zero-order valence-corrected chi connectivity index (χ0v) is 13.4. The summed E-state index contributed by atoms with van der Waals surface area (Å²) >= 11 is 1.47. The molecule has 118 valence electrons. The van der Waals surface area contributed by atoms with E-state index < -0.39 is 0 Å². The molecule has 7 nitrogen and oxygen atoms in total. The van der Waals surface area contributed by atoms with Gasteiger partial charge < -0.3 is 4.90 Å². The van der Waals surface area contributed by atoms with Gasteiger partial charge in [0.05, 0.1) is 12.6 Å². The van der Waals surface area contributed by atoms with E-state index >= 15 is 0 Å². The average Bonchev–Trinajstić information content (AvgIpc) is 3.16. The van der Waals surface area contributed by atoms with Crippen LogP contribution < -0.4 is 0 Å². The predicted octanol–water partition coefficient (Wildman–Crippen LogP) is 1.79. The number of hydrogen-bond donors (Lipinski definition) is 0. The highest BCUT2D eigenvalue weighted by atomic mass is 32.2. The maximum absolute atomic E-state index is 11.9. The van der Waals surface area contributed by atoms with Crippen LogP contribution in [-0.4, -0.2) is 42.9 Å². The molecule has 2 aromatic rings. The molecule has 3 heterocycles. The van der Waals surface area contributed by atoms with Gasteiger partial charge in [-0.2, -0.15) is 5.26 Å². The van der Waals surface area contributed by atoms with Crippen LogP contribution >= 0.6 is 11.8 Å². The van der Waals surface area contributed by atoms with Crippen LogP contribution in [0.2, 0.25) is 0 Å². The van der Waals surface area contributed by atoms with Gasteiger partial charge in [0, 0.05) is 31.3 Å². The van der Waals surface area contributed by atoms with Crippen molar-refractivity contribution in [2.24, 2.45) is 0 Å². The van der Waals surface area contributed by atoms with E-state index in [4.69, 9.17) is 5.26 Å².